The Balaban J connectivity index is 1.76. The molecular weight excluding hydrogens is 338 g/mol. The van der Waals surface area contributed by atoms with E-state index in [1.54, 1.807) is 12.1 Å². The molecule has 0 aliphatic heterocycles. The van der Waals surface area contributed by atoms with Gasteiger partial charge in [0, 0.05) is 28.2 Å². The van der Waals surface area contributed by atoms with Crippen LogP contribution in [0.5, 0.6) is 5.75 Å². The average Bonchev–Trinajstić information content (AvgIpc) is 3.12. The predicted molar refractivity (Wildman–Crippen MR) is 106 cm³/mol. The van der Waals surface area contributed by atoms with E-state index in [0.717, 1.165) is 52.6 Å². The lowest BCUT2D eigenvalue weighted by molar-refractivity contribution is -0.111. The molecule has 2 aromatic carbocycles. The minimum atomic E-state index is -0.487. The SMILES string of the molecule is CCCCCOc1ccc2c(c1)C(c1c[nH]c3ccccc13)=CC(=O)C2=O. The molecule has 0 fully saturated rings. The summed E-state index contributed by atoms with van der Waals surface area (Å²) in [5.41, 5.74) is 3.84. The van der Waals surface area contributed by atoms with E-state index in [-0.39, 0.29) is 0 Å². The number of carbonyl (C=O) groups excluding carboxylic acids is 2. The Kier molecular flexibility index (Phi) is 4.63. The van der Waals surface area contributed by atoms with Crippen LogP contribution in [0.1, 0.15) is 47.7 Å². The van der Waals surface area contributed by atoms with Gasteiger partial charge in [0.15, 0.2) is 0 Å². The lowest BCUT2D eigenvalue weighted by Crippen LogP contribution is -2.19. The molecule has 0 bridgehead atoms. The summed E-state index contributed by atoms with van der Waals surface area (Å²) in [4.78, 5) is 27.9. The number of nitrogens with one attached hydrogen (secondary N) is 1. The number of hydrogen-bond donors (Lipinski definition) is 1. The molecule has 1 N–H and O–H groups in total. The van der Waals surface area contributed by atoms with Gasteiger partial charge in [0.25, 0.3) is 0 Å². The molecular formula is C23H21NO3. The Labute approximate surface area is 157 Å². The van der Waals surface area contributed by atoms with Gasteiger partial charge in [-0.15, -0.1) is 0 Å². The number of H-pyrrole nitrogens is 1. The lowest BCUT2D eigenvalue weighted by atomic mass is 9.85. The number of ether oxygens (including phenoxy) is 1. The number of allylic oxidation sites excluding steroid dienone is 1. The summed E-state index contributed by atoms with van der Waals surface area (Å²) in [7, 11) is 0. The quantitative estimate of drug-likeness (QED) is 0.501. The normalized spacial score (nSPS) is 13.6. The highest BCUT2D eigenvalue weighted by atomic mass is 16.5. The van der Waals surface area contributed by atoms with Gasteiger partial charge in [-0.05, 0) is 47.9 Å². The fourth-order valence-electron chi connectivity index (χ4n) is 3.50. The van der Waals surface area contributed by atoms with E-state index in [1.165, 1.54) is 6.08 Å². The molecule has 0 atom stereocenters. The van der Waals surface area contributed by atoms with Crippen LogP contribution in [0.25, 0.3) is 16.5 Å². The van der Waals surface area contributed by atoms with Crippen LogP contribution in [0, 0.1) is 0 Å². The van der Waals surface area contributed by atoms with Crippen molar-refractivity contribution in [2.24, 2.45) is 0 Å². The third-order valence-electron chi connectivity index (χ3n) is 4.92. The molecule has 4 nitrogen and oxygen atoms in total. The molecule has 27 heavy (non-hydrogen) atoms. The van der Waals surface area contributed by atoms with Crippen molar-refractivity contribution in [2.45, 2.75) is 26.2 Å². The van der Waals surface area contributed by atoms with Crippen LogP contribution >= 0.6 is 0 Å². The van der Waals surface area contributed by atoms with E-state index in [1.807, 2.05) is 36.5 Å². The van der Waals surface area contributed by atoms with Gasteiger partial charge in [-0.2, -0.15) is 0 Å². The Hall–Kier alpha value is -3.14. The summed E-state index contributed by atoms with van der Waals surface area (Å²) in [6.45, 7) is 2.80. The van der Waals surface area contributed by atoms with Gasteiger partial charge < -0.3 is 9.72 Å². The second-order valence-electron chi connectivity index (χ2n) is 6.76. The average molecular weight is 359 g/mol. The zero-order valence-electron chi connectivity index (χ0n) is 15.2. The van der Waals surface area contributed by atoms with E-state index >= 15 is 0 Å². The maximum atomic E-state index is 12.4. The maximum absolute atomic E-state index is 12.4. The first-order valence-corrected chi connectivity index (χ1v) is 9.33. The number of aromatic nitrogens is 1. The topological polar surface area (TPSA) is 59.2 Å². The standard InChI is InChI=1S/C23H21NO3/c1-2-3-6-11-27-15-9-10-17-18(12-15)19(13-22(25)23(17)26)20-14-24-21-8-5-4-7-16(20)21/h4-5,7-10,12-14,24H,2-3,6,11H2,1H3. The highest BCUT2D eigenvalue weighted by molar-refractivity contribution is 6.51. The molecule has 1 aromatic heterocycles. The first-order chi connectivity index (χ1) is 13.2. The number of para-hydroxylation sites is 1. The summed E-state index contributed by atoms with van der Waals surface area (Å²) in [6, 6.07) is 13.3. The van der Waals surface area contributed by atoms with E-state index in [2.05, 4.69) is 11.9 Å². The molecule has 0 saturated heterocycles. The van der Waals surface area contributed by atoms with Gasteiger partial charge in [-0.3, -0.25) is 9.59 Å². The van der Waals surface area contributed by atoms with Crippen molar-refractivity contribution in [1.82, 2.24) is 4.98 Å². The monoisotopic (exact) mass is 359 g/mol. The number of carbonyl (C=O) groups is 2. The largest absolute Gasteiger partial charge is 0.494 e. The van der Waals surface area contributed by atoms with Crippen LogP contribution in [-0.4, -0.2) is 23.2 Å². The maximum Gasteiger partial charge on any atom is 0.233 e. The molecule has 0 amide bonds. The van der Waals surface area contributed by atoms with E-state index in [4.69, 9.17) is 4.74 Å². The van der Waals surface area contributed by atoms with Crippen molar-refractivity contribution in [3.63, 3.8) is 0 Å². The molecule has 0 unspecified atom stereocenters. The van der Waals surface area contributed by atoms with Gasteiger partial charge in [-0.1, -0.05) is 38.0 Å². The number of aromatic amines is 1. The predicted octanol–water partition coefficient (Wildman–Crippen LogP) is 4.93. The molecule has 0 saturated carbocycles. The Morgan fingerprint density at radius 3 is 2.67 bits per heavy atom. The van der Waals surface area contributed by atoms with Crippen molar-refractivity contribution in [1.29, 1.82) is 0 Å². The summed E-state index contributed by atoms with van der Waals surface area (Å²) in [6.07, 6.45) is 6.59. The second kappa shape index (κ2) is 7.23. The number of hydrogen-bond acceptors (Lipinski definition) is 3. The summed E-state index contributed by atoms with van der Waals surface area (Å²) in [5, 5.41) is 1.02. The highest BCUT2D eigenvalue weighted by Crippen LogP contribution is 2.36. The third-order valence-corrected chi connectivity index (χ3v) is 4.92. The van der Waals surface area contributed by atoms with Crippen molar-refractivity contribution in [2.75, 3.05) is 6.61 Å². The van der Waals surface area contributed by atoms with E-state index in [9.17, 15) is 9.59 Å². The summed E-state index contributed by atoms with van der Waals surface area (Å²) < 4.78 is 5.86. The number of unbranched alkanes of at least 4 members (excludes halogenated alkanes) is 2. The fraction of sp³-hybridized carbons (Fsp3) is 0.217. The summed E-state index contributed by atoms with van der Waals surface area (Å²) >= 11 is 0. The Morgan fingerprint density at radius 1 is 0.963 bits per heavy atom. The molecule has 4 rings (SSSR count). The lowest BCUT2D eigenvalue weighted by Gasteiger charge is -2.17. The summed E-state index contributed by atoms with van der Waals surface area (Å²) in [5.74, 6) is -0.233. The van der Waals surface area contributed by atoms with Gasteiger partial charge >= 0.3 is 0 Å². The second-order valence-corrected chi connectivity index (χ2v) is 6.76. The van der Waals surface area contributed by atoms with Crippen LogP contribution < -0.4 is 4.74 Å². The number of benzene rings is 2. The first-order valence-electron chi connectivity index (χ1n) is 9.33. The minimum absolute atomic E-state index is 0.434. The van der Waals surface area contributed by atoms with Crippen LogP contribution in [-0.2, 0) is 4.79 Å². The zero-order chi connectivity index (χ0) is 18.8. The van der Waals surface area contributed by atoms with Crippen molar-refractivity contribution < 1.29 is 14.3 Å². The van der Waals surface area contributed by atoms with Gasteiger partial charge in [0.05, 0.1) is 6.61 Å². The van der Waals surface area contributed by atoms with Crippen LogP contribution in [0.2, 0.25) is 0 Å². The Morgan fingerprint density at radius 2 is 1.81 bits per heavy atom. The molecule has 3 aromatic rings. The molecule has 4 heteroatoms. The van der Waals surface area contributed by atoms with Gasteiger partial charge in [-0.25, -0.2) is 0 Å². The Bertz CT molecular complexity index is 1060. The number of ketones is 2. The van der Waals surface area contributed by atoms with E-state index < -0.39 is 11.6 Å². The van der Waals surface area contributed by atoms with Crippen LogP contribution in [0.4, 0.5) is 0 Å². The third kappa shape index (κ3) is 3.19. The van der Waals surface area contributed by atoms with Crippen molar-refractivity contribution in [3.8, 4) is 5.75 Å². The molecule has 1 aliphatic rings. The smallest absolute Gasteiger partial charge is 0.233 e. The number of rotatable bonds is 6. The molecule has 136 valence electrons. The number of Topliss-reactive ketones (excluding diaryl/α,β-unsaturated/α-hetero) is 1. The minimum Gasteiger partial charge on any atom is -0.494 e. The van der Waals surface area contributed by atoms with Crippen LogP contribution in [0.3, 0.4) is 0 Å². The first kappa shape index (κ1) is 17.3. The molecule has 0 spiro atoms. The zero-order valence-corrected chi connectivity index (χ0v) is 15.2. The molecule has 1 aliphatic carbocycles. The fourth-order valence-corrected chi connectivity index (χ4v) is 3.50. The molecule has 1 heterocycles. The number of fused-ring (bicyclic) bond motifs is 2. The van der Waals surface area contributed by atoms with Gasteiger partial charge in [0.2, 0.25) is 11.6 Å². The van der Waals surface area contributed by atoms with E-state index in [0.29, 0.717) is 12.2 Å². The highest BCUT2D eigenvalue weighted by Gasteiger charge is 2.28. The van der Waals surface area contributed by atoms with Crippen molar-refractivity contribution in [3.05, 3.63) is 71.4 Å². The van der Waals surface area contributed by atoms with Gasteiger partial charge in [0.1, 0.15) is 5.75 Å². The molecule has 0 radical (unpaired) electrons. The van der Waals surface area contributed by atoms with Crippen LogP contribution in [0.15, 0.2) is 54.7 Å². The van der Waals surface area contributed by atoms with Crippen molar-refractivity contribution >= 4 is 28.0 Å².